The maximum atomic E-state index is 9.16. The van der Waals surface area contributed by atoms with Crippen molar-refractivity contribution in [2.75, 3.05) is 25.0 Å². The molecule has 3 heterocycles. The van der Waals surface area contributed by atoms with Gasteiger partial charge in [-0.1, -0.05) is 6.42 Å². The van der Waals surface area contributed by atoms with E-state index in [1.807, 2.05) is 12.1 Å². The van der Waals surface area contributed by atoms with Gasteiger partial charge in [-0.3, -0.25) is 4.90 Å². The Bertz CT molecular complexity index is 626. The Morgan fingerprint density at radius 2 is 2.14 bits per heavy atom. The highest BCUT2D eigenvalue weighted by Gasteiger charge is 2.24. The van der Waals surface area contributed by atoms with E-state index >= 15 is 0 Å². The molecule has 0 aliphatic carbocycles. The van der Waals surface area contributed by atoms with E-state index in [0.29, 0.717) is 17.9 Å². The molecule has 1 N–H and O–H groups in total. The first kappa shape index (κ1) is 14.6. The molecule has 5 heteroatoms. The van der Waals surface area contributed by atoms with Crippen LogP contribution in [0.5, 0.6) is 0 Å². The predicted molar refractivity (Wildman–Crippen MR) is 84.3 cm³/mol. The van der Waals surface area contributed by atoms with Gasteiger partial charge in [-0.05, 0) is 50.2 Å². The molecule has 2 aromatic rings. The quantitative estimate of drug-likeness (QED) is 0.918. The number of furan rings is 1. The molecule has 1 saturated heterocycles. The maximum absolute atomic E-state index is 9.16. The second kappa shape index (κ2) is 7.10. The molecule has 2 aromatic heterocycles. The third-order valence-electron chi connectivity index (χ3n) is 4.09. The highest BCUT2D eigenvalue weighted by molar-refractivity contribution is 5.51. The van der Waals surface area contributed by atoms with E-state index in [0.717, 1.165) is 18.8 Å². The molecule has 0 radical (unpaired) electrons. The van der Waals surface area contributed by atoms with Crippen LogP contribution in [0.25, 0.3) is 0 Å². The summed E-state index contributed by atoms with van der Waals surface area (Å²) in [5, 5.41) is 12.5. The van der Waals surface area contributed by atoms with Gasteiger partial charge in [0, 0.05) is 12.7 Å². The Labute approximate surface area is 130 Å². The molecule has 0 bridgehead atoms. The lowest BCUT2D eigenvalue weighted by atomic mass is 10.1. The van der Waals surface area contributed by atoms with Crippen LogP contribution < -0.4 is 5.32 Å². The summed E-state index contributed by atoms with van der Waals surface area (Å²) in [7, 11) is 0. The van der Waals surface area contributed by atoms with Crippen LogP contribution >= 0.6 is 0 Å². The molecule has 0 amide bonds. The Balaban J connectivity index is 1.74. The van der Waals surface area contributed by atoms with Crippen LogP contribution in [0.1, 0.15) is 36.6 Å². The van der Waals surface area contributed by atoms with Crippen LogP contribution in [-0.4, -0.2) is 29.5 Å². The van der Waals surface area contributed by atoms with Gasteiger partial charge in [-0.15, -0.1) is 0 Å². The number of piperidine rings is 1. The minimum Gasteiger partial charge on any atom is -0.468 e. The lowest BCUT2D eigenvalue weighted by Crippen LogP contribution is -2.37. The number of rotatable bonds is 5. The fourth-order valence-corrected chi connectivity index (χ4v) is 2.95. The minimum atomic E-state index is 0.170. The zero-order chi connectivity index (χ0) is 15.2. The topological polar surface area (TPSA) is 65.1 Å². The molecule has 0 unspecified atom stereocenters. The molecule has 114 valence electrons. The molecule has 5 nitrogen and oxygen atoms in total. The lowest BCUT2D eigenvalue weighted by Gasteiger charge is -2.33. The Morgan fingerprint density at radius 1 is 1.27 bits per heavy atom. The van der Waals surface area contributed by atoms with Crippen LogP contribution in [-0.2, 0) is 0 Å². The Morgan fingerprint density at radius 3 is 2.86 bits per heavy atom. The van der Waals surface area contributed by atoms with Crippen molar-refractivity contribution in [1.82, 2.24) is 9.88 Å². The molecule has 0 saturated carbocycles. The number of pyridine rings is 1. The summed E-state index contributed by atoms with van der Waals surface area (Å²) >= 11 is 0. The Kier molecular flexibility index (Phi) is 4.71. The van der Waals surface area contributed by atoms with E-state index in [2.05, 4.69) is 21.3 Å². The van der Waals surface area contributed by atoms with Crippen molar-refractivity contribution in [3.05, 3.63) is 48.0 Å². The van der Waals surface area contributed by atoms with Gasteiger partial charge in [0.2, 0.25) is 0 Å². The van der Waals surface area contributed by atoms with Crippen molar-refractivity contribution in [3.8, 4) is 6.07 Å². The van der Waals surface area contributed by atoms with E-state index in [1.54, 1.807) is 24.6 Å². The van der Waals surface area contributed by atoms with E-state index in [-0.39, 0.29) is 6.04 Å². The normalized spacial score (nSPS) is 16.9. The fraction of sp³-hybridized carbons (Fsp3) is 0.412. The summed E-state index contributed by atoms with van der Waals surface area (Å²) in [4.78, 5) is 6.71. The van der Waals surface area contributed by atoms with E-state index in [9.17, 15) is 0 Å². The van der Waals surface area contributed by atoms with E-state index in [1.165, 1.54) is 19.3 Å². The maximum Gasteiger partial charge on any atom is 0.143 e. The van der Waals surface area contributed by atoms with Crippen LogP contribution in [0.2, 0.25) is 0 Å². The van der Waals surface area contributed by atoms with Gasteiger partial charge in [-0.25, -0.2) is 4.98 Å². The zero-order valence-corrected chi connectivity index (χ0v) is 12.5. The van der Waals surface area contributed by atoms with Gasteiger partial charge in [0.25, 0.3) is 0 Å². The molecule has 1 aliphatic rings. The third-order valence-corrected chi connectivity index (χ3v) is 4.09. The zero-order valence-electron chi connectivity index (χ0n) is 12.5. The minimum absolute atomic E-state index is 0.170. The standard InChI is InChI=1S/C17H20N4O/c18-12-14-6-4-8-19-17(14)20-13-15(16-7-5-11-22-16)21-9-2-1-3-10-21/h4-8,11,15H,1-3,9-10,13H2,(H,19,20)/t15-/m1/s1. The molecule has 3 rings (SSSR count). The van der Waals surface area contributed by atoms with Gasteiger partial charge >= 0.3 is 0 Å². The van der Waals surface area contributed by atoms with Crippen LogP contribution in [0, 0.1) is 11.3 Å². The average molecular weight is 296 g/mol. The summed E-state index contributed by atoms with van der Waals surface area (Å²) in [5.41, 5.74) is 0.569. The summed E-state index contributed by atoms with van der Waals surface area (Å²) in [6.45, 7) is 2.85. The molecule has 0 aromatic carbocycles. The summed E-state index contributed by atoms with van der Waals surface area (Å²) in [6.07, 6.45) is 7.17. The van der Waals surface area contributed by atoms with Crippen molar-refractivity contribution in [1.29, 1.82) is 5.26 Å². The van der Waals surface area contributed by atoms with E-state index in [4.69, 9.17) is 9.68 Å². The van der Waals surface area contributed by atoms with Gasteiger partial charge in [0.05, 0.1) is 17.9 Å². The second-order valence-corrected chi connectivity index (χ2v) is 5.52. The van der Waals surface area contributed by atoms with Crippen molar-refractivity contribution in [2.24, 2.45) is 0 Å². The predicted octanol–water partition coefficient (Wildman–Crippen LogP) is 3.19. The van der Waals surface area contributed by atoms with Crippen molar-refractivity contribution in [2.45, 2.75) is 25.3 Å². The number of nitriles is 1. The molecule has 1 atom stereocenters. The molecular weight excluding hydrogens is 276 g/mol. The summed E-state index contributed by atoms with van der Waals surface area (Å²) < 4.78 is 5.63. The smallest absolute Gasteiger partial charge is 0.143 e. The molecule has 22 heavy (non-hydrogen) atoms. The van der Waals surface area contributed by atoms with Crippen LogP contribution in [0.4, 0.5) is 5.82 Å². The summed E-state index contributed by atoms with van der Waals surface area (Å²) in [5.74, 6) is 1.60. The number of nitrogens with one attached hydrogen (secondary N) is 1. The number of hydrogen-bond donors (Lipinski definition) is 1. The van der Waals surface area contributed by atoms with Crippen molar-refractivity contribution in [3.63, 3.8) is 0 Å². The largest absolute Gasteiger partial charge is 0.468 e. The van der Waals surface area contributed by atoms with Crippen LogP contribution in [0.15, 0.2) is 41.1 Å². The first-order valence-electron chi connectivity index (χ1n) is 7.75. The van der Waals surface area contributed by atoms with Crippen LogP contribution in [0.3, 0.4) is 0 Å². The Hall–Kier alpha value is -2.32. The monoisotopic (exact) mass is 296 g/mol. The SMILES string of the molecule is N#Cc1cccnc1NC[C@H](c1ccco1)N1CCCCC1. The van der Waals surface area contributed by atoms with Gasteiger partial charge in [0.1, 0.15) is 17.6 Å². The third kappa shape index (κ3) is 3.29. The number of aromatic nitrogens is 1. The van der Waals surface area contributed by atoms with Gasteiger partial charge in [-0.2, -0.15) is 5.26 Å². The highest BCUT2D eigenvalue weighted by Crippen LogP contribution is 2.25. The number of nitrogens with zero attached hydrogens (tertiary/aromatic N) is 3. The molecule has 1 fully saturated rings. The number of anilines is 1. The van der Waals surface area contributed by atoms with Crippen molar-refractivity contribution >= 4 is 5.82 Å². The first-order chi connectivity index (χ1) is 10.9. The van der Waals surface area contributed by atoms with Crippen molar-refractivity contribution < 1.29 is 4.42 Å². The average Bonchev–Trinajstić information content (AvgIpc) is 3.11. The molecule has 1 aliphatic heterocycles. The molecular formula is C17H20N4O. The first-order valence-corrected chi connectivity index (χ1v) is 7.75. The fourth-order valence-electron chi connectivity index (χ4n) is 2.95. The van der Waals surface area contributed by atoms with Gasteiger partial charge < -0.3 is 9.73 Å². The lowest BCUT2D eigenvalue weighted by molar-refractivity contribution is 0.153. The number of likely N-dealkylation sites (tertiary alicyclic amines) is 1. The number of hydrogen-bond acceptors (Lipinski definition) is 5. The highest BCUT2D eigenvalue weighted by atomic mass is 16.3. The second-order valence-electron chi connectivity index (χ2n) is 5.52. The van der Waals surface area contributed by atoms with E-state index < -0.39 is 0 Å². The van der Waals surface area contributed by atoms with Gasteiger partial charge in [0.15, 0.2) is 0 Å². The molecule has 0 spiro atoms. The summed E-state index contributed by atoms with van der Waals surface area (Å²) in [6, 6.07) is 9.84.